The SMILES string of the molecule is C[C@H](NCc1ccc(Oc2cccc3c2OCO3)cc1)C(N)=O. The number of nitrogens with one attached hydrogen (secondary N) is 1. The molecule has 0 unspecified atom stereocenters. The van der Waals surface area contributed by atoms with Crippen molar-refractivity contribution < 1.29 is 19.0 Å². The molecule has 0 aromatic heterocycles. The van der Waals surface area contributed by atoms with E-state index in [9.17, 15) is 4.79 Å². The van der Waals surface area contributed by atoms with E-state index in [4.69, 9.17) is 19.9 Å². The van der Waals surface area contributed by atoms with Gasteiger partial charge in [0, 0.05) is 6.54 Å². The second-order valence-electron chi connectivity index (χ2n) is 5.24. The standard InChI is InChI=1S/C17H18N2O4/c1-11(17(18)20)19-9-12-5-7-13(8-6-12)23-15-4-2-3-14-16(15)22-10-21-14/h2-8,11,19H,9-10H2,1H3,(H2,18,20)/t11-/m0/s1. The Morgan fingerprint density at radius 1 is 1.26 bits per heavy atom. The van der Waals surface area contributed by atoms with Gasteiger partial charge in [-0.25, -0.2) is 0 Å². The maximum absolute atomic E-state index is 11.0. The number of primary amides is 1. The Bertz CT molecular complexity index is 700. The summed E-state index contributed by atoms with van der Waals surface area (Å²) in [6.45, 7) is 2.50. The molecule has 3 N–H and O–H groups in total. The molecule has 0 bridgehead atoms. The molecule has 1 aliphatic heterocycles. The van der Waals surface area contributed by atoms with E-state index in [-0.39, 0.29) is 18.7 Å². The summed E-state index contributed by atoms with van der Waals surface area (Å²) in [6, 6.07) is 12.7. The number of nitrogens with two attached hydrogens (primary N) is 1. The van der Waals surface area contributed by atoms with Crippen LogP contribution in [0.4, 0.5) is 0 Å². The number of carbonyl (C=O) groups excluding carboxylic acids is 1. The zero-order valence-corrected chi connectivity index (χ0v) is 12.7. The maximum Gasteiger partial charge on any atom is 0.234 e. The third-order valence-electron chi connectivity index (χ3n) is 3.55. The number of fused-ring (bicyclic) bond motifs is 1. The Morgan fingerprint density at radius 2 is 2.04 bits per heavy atom. The van der Waals surface area contributed by atoms with Gasteiger partial charge in [0.25, 0.3) is 0 Å². The highest BCUT2D eigenvalue weighted by Crippen LogP contribution is 2.42. The van der Waals surface area contributed by atoms with Crippen LogP contribution in [0, 0.1) is 0 Å². The summed E-state index contributed by atoms with van der Waals surface area (Å²) in [5.41, 5.74) is 6.24. The Morgan fingerprint density at radius 3 is 2.78 bits per heavy atom. The molecule has 0 saturated carbocycles. The lowest BCUT2D eigenvalue weighted by atomic mass is 10.2. The minimum absolute atomic E-state index is 0.207. The van der Waals surface area contributed by atoms with Crippen LogP contribution in [0.15, 0.2) is 42.5 Å². The van der Waals surface area contributed by atoms with Crippen molar-refractivity contribution in [3.8, 4) is 23.0 Å². The number of ether oxygens (including phenoxy) is 3. The third kappa shape index (κ3) is 3.54. The van der Waals surface area contributed by atoms with Crippen LogP contribution >= 0.6 is 0 Å². The Kier molecular flexibility index (Phi) is 4.34. The lowest BCUT2D eigenvalue weighted by Gasteiger charge is -2.11. The van der Waals surface area contributed by atoms with Crippen molar-refractivity contribution in [2.75, 3.05) is 6.79 Å². The molecule has 6 nitrogen and oxygen atoms in total. The summed E-state index contributed by atoms with van der Waals surface area (Å²) in [5.74, 6) is 2.25. The Balaban J connectivity index is 1.64. The first-order valence-electron chi connectivity index (χ1n) is 7.31. The summed E-state index contributed by atoms with van der Waals surface area (Å²) < 4.78 is 16.6. The lowest BCUT2D eigenvalue weighted by Crippen LogP contribution is -2.38. The van der Waals surface area contributed by atoms with Crippen LogP contribution in [0.1, 0.15) is 12.5 Å². The van der Waals surface area contributed by atoms with Gasteiger partial charge in [-0.05, 0) is 36.8 Å². The van der Waals surface area contributed by atoms with Crippen LogP contribution in [0.3, 0.4) is 0 Å². The molecule has 0 aliphatic carbocycles. The fraction of sp³-hybridized carbons (Fsp3) is 0.235. The van der Waals surface area contributed by atoms with Crippen LogP contribution in [-0.2, 0) is 11.3 Å². The maximum atomic E-state index is 11.0. The van der Waals surface area contributed by atoms with E-state index >= 15 is 0 Å². The third-order valence-corrected chi connectivity index (χ3v) is 3.55. The number of amides is 1. The quantitative estimate of drug-likeness (QED) is 0.854. The highest BCUT2D eigenvalue weighted by Gasteiger charge is 2.18. The van der Waals surface area contributed by atoms with Gasteiger partial charge in [0.2, 0.25) is 18.4 Å². The number of hydrogen-bond donors (Lipinski definition) is 2. The normalized spacial score (nSPS) is 13.6. The van der Waals surface area contributed by atoms with Crippen LogP contribution in [-0.4, -0.2) is 18.7 Å². The largest absolute Gasteiger partial charge is 0.453 e. The van der Waals surface area contributed by atoms with E-state index in [0.717, 1.165) is 5.56 Å². The van der Waals surface area contributed by atoms with Gasteiger partial charge in [-0.15, -0.1) is 0 Å². The topological polar surface area (TPSA) is 82.8 Å². The first-order valence-corrected chi connectivity index (χ1v) is 7.31. The van der Waals surface area contributed by atoms with Crippen molar-refractivity contribution in [1.29, 1.82) is 0 Å². The molecule has 1 atom stereocenters. The fourth-order valence-electron chi connectivity index (χ4n) is 2.16. The zero-order valence-electron chi connectivity index (χ0n) is 12.7. The van der Waals surface area contributed by atoms with E-state index in [1.165, 1.54) is 0 Å². The van der Waals surface area contributed by atoms with Crippen molar-refractivity contribution in [2.24, 2.45) is 5.73 Å². The van der Waals surface area contributed by atoms with E-state index in [1.54, 1.807) is 6.92 Å². The second kappa shape index (κ2) is 6.58. The van der Waals surface area contributed by atoms with Crippen LogP contribution in [0.5, 0.6) is 23.0 Å². The van der Waals surface area contributed by atoms with Gasteiger partial charge < -0.3 is 25.3 Å². The summed E-state index contributed by atoms with van der Waals surface area (Å²) in [5, 5.41) is 3.05. The molecule has 1 heterocycles. The molecule has 1 aliphatic rings. The molecule has 0 saturated heterocycles. The molecule has 120 valence electrons. The number of rotatable bonds is 6. The van der Waals surface area contributed by atoms with Gasteiger partial charge in [-0.2, -0.15) is 0 Å². The average Bonchev–Trinajstić information content (AvgIpc) is 3.03. The van der Waals surface area contributed by atoms with Crippen LogP contribution in [0.25, 0.3) is 0 Å². The summed E-state index contributed by atoms with van der Waals surface area (Å²) in [7, 11) is 0. The molecule has 2 aromatic rings. The van der Waals surface area contributed by atoms with Gasteiger partial charge in [-0.3, -0.25) is 4.79 Å². The van der Waals surface area contributed by atoms with Crippen molar-refractivity contribution in [3.63, 3.8) is 0 Å². The summed E-state index contributed by atoms with van der Waals surface area (Å²) >= 11 is 0. The van der Waals surface area contributed by atoms with Gasteiger partial charge in [-0.1, -0.05) is 18.2 Å². The molecular formula is C17H18N2O4. The summed E-state index contributed by atoms with van der Waals surface area (Å²) in [4.78, 5) is 11.0. The van der Waals surface area contributed by atoms with E-state index in [0.29, 0.717) is 29.5 Å². The predicted octanol–water partition coefficient (Wildman–Crippen LogP) is 2.17. The lowest BCUT2D eigenvalue weighted by molar-refractivity contribution is -0.119. The number of benzene rings is 2. The molecule has 6 heteroatoms. The Labute approximate surface area is 134 Å². The minimum Gasteiger partial charge on any atom is -0.453 e. The van der Waals surface area contributed by atoms with E-state index < -0.39 is 0 Å². The van der Waals surface area contributed by atoms with E-state index in [2.05, 4.69) is 5.32 Å². The van der Waals surface area contributed by atoms with Gasteiger partial charge in [0.1, 0.15) is 5.75 Å². The molecule has 23 heavy (non-hydrogen) atoms. The summed E-state index contributed by atoms with van der Waals surface area (Å²) in [6.07, 6.45) is 0. The molecule has 3 rings (SSSR count). The van der Waals surface area contributed by atoms with Gasteiger partial charge in [0.05, 0.1) is 6.04 Å². The number of para-hydroxylation sites is 1. The molecule has 0 fully saturated rings. The smallest absolute Gasteiger partial charge is 0.234 e. The van der Waals surface area contributed by atoms with Crippen molar-refractivity contribution >= 4 is 5.91 Å². The second-order valence-corrected chi connectivity index (χ2v) is 5.24. The fourth-order valence-corrected chi connectivity index (χ4v) is 2.16. The first-order chi connectivity index (χ1) is 11.1. The predicted molar refractivity (Wildman–Crippen MR) is 84.6 cm³/mol. The first kappa shape index (κ1) is 15.2. The Hall–Kier alpha value is -2.73. The molecule has 1 amide bonds. The molecule has 0 spiro atoms. The van der Waals surface area contributed by atoms with Crippen LogP contribution in [0.2, 0.25) is 0 Å². The molecular weight excluding hydrogens is 296 g/mol. The number of carbonyl (C=O) groups is 1. The molecule has 0 radical (unpaired) electrons. The highest BCUT2D eigenvalue weighted by atomic mass is 16.7. The number of hydrogen-bond acceptors (Lipinski definition) is 5. The van der Waals surface area contributed by atoms with Crippen molar-refractivity contribution in [3.05, 3.63) is 48.0 Å². The minimum atomic E-state index is -0.370. The van der Waals surface area contributed by atoms with Crippen molar-refractivity contribution in [1.82, 2.24) is 5.32 Å². The average molecular weight is 314 g/mol. The van der Waals surface area contributed by atoms with E-state index in [1.807, 2.05) is 42.5 Å². The molecule has 2 aromatic carbocycles. The zero-order chi connectivity index (χ0) is 16.2. The monoisotopic (exact) mass is 314 g/mol. The van der Waals surface area contributed by atoms with Crippen molar-refractivity contribution in [2.45, 2.75) is 19.5 Å². The van der Waals surface area contributed by atoms with Gasteiger partial charge in [0.15, 0.2) is 11.5 Å². The van der Waals surface area contributed by atoms with Crippen LogP contribution < -0.4 is 25.3 Å². The van der Waals surface area contributed by atoms with Gasteiger partial charge >= 0.3 is 0 Å². The highest BCUT2D eigenvalue weighted by molar-refractivity contribution is 5.79.